The molecule has 2 N–H and O–H groups in total. The molecule has 1 aromatic heterocycles. The first-order chi connectivity index (χ1) is 21.7. The van der Waals surface area contributed by atoms with Crippen molar-refractivity contribution < 1.29 is 28.6 Å². The normalized spacial score (nSPS) is 16.9. The smallest absolute Gasteiger partial charge is 0.413 e. The van der Waals surface area contributed by atoms with E-state index in [4.69, 9.17) is 25.8 Å². The fourth-order valence-corrected chi connectivity index (χ4v) is 5.30. The maximum Gasteiger partial charge on any atom is 0.413 e. The van der Waals surface area contributed by atoms with E-state index < -0.39 is 29.0 Å². The number of carbonyl (C=O) groups excluding carboxylic acids is 3. The van der Waals surface area contributed by atoms with Gasteiger partial charge >= 0.3 is 18.3 Å². The Morgan fingerprint density at radius 2 is 1.51 bits per heavy atom. The molecular formula is C35H52ClN5O6. The van der Waals surface area contributed by atoms with Crippen molar-refractivity contribution in [3.05, 3.63) is 58.2 Å². The zero-order valence-corrected chi connectivity index (χ0v) is 30.3. The van der Waals surface area contributed by atoms with E-state index in [1.807, 2.05) is 72.7 Å². The lowest BCUT2D eigenvalue weighted by Gasteiger charge is -2.28. The van der Waals surface area contributed by atoms with Crippen molar-refractivity contribution in [2.24, 2.45) is 5.92 Å². The maximum absolute atomic E-state index is 13.2. The number of amides is 3. The number of benzene rings is 1. The Kier molecular flexibility index (Phi) is 12.5. The number of carbonyl (C=O) groups is 3. The molecule has 260 valence electrons. The SMILES string of the molecule is Cc1cc(C[C@H]2CN(C(=O)OC(C)(C)C)C[C@H]2NCCN(Cc2ccc(Cl)cc2)C(=O)OC(C)(C)C)cc(NC(=O)OC(C)(C)C)n1. The fourth-order valence-electron chi connectivity index (χ4n) is 5.17. The van der Waals surface area contributed by atoms with Gasteiger partial charge in [-0.3, -0.25) is 5.32 Å². The van der Waals surface area contributed by atoms with Crippen molar-refractivity contribution in [2.75, 3.05) is 31.5 Å². The third-order valence-corrected chi connectivity index (χ3v) is 7.21. The summed E-state index contributed by atoms with van der Waals surface area (Å²) in [6, 6.07) is 11.1. The third-order valence-electron chi connectivity index (χ3n) is 6.96. The Morgan fingerprint density at radius 1 is 0.894 bits per heavy atom. The van der Waals surface area contributed by atoms with Crippen LogP contribution in [0.2, 0.25) is 5.02 Å². The molecule has 47 heavy (non-hydrogen) atoms. The van der Waals surface area contributed by atoms with Gasteiger partial charge in [-0.05, 0) is 117 Å². The van der Waals surface area contributed by atoms with Crippen LogP contribution in [0.4, 0.5) is 20.2 Å². The van der Waals surface area contributed by atoms with Crippen molar-refractivity contribution in [3.63, 3.8) is 0 Å². The number of hydrogen-bond donors (Lipinski definition) is 2. The average molecular weight is 674 g/mol. The summed E-state index contributed by atoms with van der Waals surface area (Å²) in [6.45, 7) is 20.5. The highest BCUT2D eigenvalue weighted by atomic mass is 35.5. The van der Waals surface area contributed by atoms with E-state index in [0.29, 0.717) is 50.0 Å². The van der Waals surface area contributed by atoms with Gasteiger partial charge < -0.3 is 29.3 Å². The Morgan fingerprint density at radius 3 is 2.11 bits per heavy atom. The van der Waals surface area contributed by atoms with Crippen LogP contribution >= 0.6 is 11.6 Å². The summed E-state index contributed by atoms with van der Waals surface area (Å²) < 4.78 is 16.8. The summed E-state index contributed by atoms with van der Waals surface area (Å²) >= 11 is 6.08. The van der Waals surface area contributed by atoms with Crippen LogP contribution < -0.4 is 10.6 Å². The maximum atomic E-state index is 13.2. The molecule has 0 spiro atoms. The van der Waals surface area contributed by atoms with Crippen molar-refractivity contribution in [3.8, 4) is 0 Å². The molecule has 1 fully saturated rings. The van der Waals surface area contributed by atoms with Gasteiger partial charge in [-0.2, -0.15) is 0 Å². The Labute approximate surface area is 284 Å². The van der Waals surface area contributed by atoms with Gasteiger partial charge in [-0.15, -0.1) is 0 Å². The van der Waals surface area contributed by atoms with Crippen LogP contribution in [0.15, 0.2) is 36.4 Å². The summed E-state index contributed by atoms with van der Waals surface area (Å²) in [6.07, 6.45) is -0.747. The minimum atomic E-state index is -0.646. The van der Waals surface area contributed by atoms with E-state index in [2.05, 4.69) is 15.6 Å². The first-order valence-electron chi connectivity index (χ1n) is 16.1. The Balaban J connectivity index is 1.77. The molecule has 12 heteroatoms. The summed E-state index contributed by atoms with van der Waals surface area (Å²) in [5, 5.41) is 6.96. The second-order valence-electron chi connectivity index (χ2n) is 15.1. The standard InChI is InChI=1S/C35H52ClN5O6/c1-23-17-25(19-29(38-23)39-30(42)45-33(2,3)4)18-26-21-41(32(44)47-35(8,9)10)22-28(26)37-15-16-40(31(43)46-34(5,6)7)20-24-11-13-27(36)14-12-24/h11-14,17,19,26,28,37H,15-16,18,20-22H2,1-10H3,(H,38,39,42)/t26-,28+/m0/s1. The number of aromatic nitrogens is 1. The Bertz CT molecular complexity index is 1380. The summed E-state index contributed by atoms with van der Waals surface area (Å²) in [5.74, 6) is 0.417. The van der Waals surface area contributed by atoms with Gasteiger partial charge in [0.15, 0.2) is 0 Å². The lowest BCUT2D eigenvalue weighted by atomic mass is 9.95. The predicted molar refractivity (Wildman–Crippen MR) is 184 cm³/mol. The molecule has 0 radical (unpaired) electrons. The van der Waals surface area contributed by atoms with E-state index in [9.17, 15) is 14.4 Å². The van der Waals surface area contributed by atoms with Crippen molar-refractivity contribution in [1.82, 2.24) is 20.1 Å². The molecule has 2 heterocycles. The monoisotopic (exact) mass is 673 g/mol. The van der Waals surface area contributed by atoms with E-state index in [1.165, 1.54) is 0 Å². The highest BCUT2D eigenvalue weighted by Gasteiger charge is 2.37. The molecule has 11 nitrogen and oxygen atoms in total. The number of aryl methyl sites for hydroxylation is 1. The quantitative estimate of drug-likeness (QED) is 0.268. The lowest BCUT2D eigenvalue weighted by molar-refractivity contribution is 0.0233. The molecule has 2 atom stereocenters. The minimum absolute atomic E-state index is 0.0185. The van der Waals surface area contributed by atoms with Crippen LogP contribution in [-0.2, 0) is 27.2 Å². The van der Waals surface area contributed by atoms with Crippen molar-refractivity contribution >= 4 is 35.7 Å². The lowest BCUT2D eigenvalue weighted by Crippen LogP contribution is -2.44. The molecule has 1 saturated heterocycles. The molecule has 3 rings (SSSR count). The second kappa shape index (κ2) is 15.6. The van der Waals surface area contributed by atoms with E-state index in [1.54, 1.807) is 42.7 Å². The highest BCUT2D eigenvalue weighted by Crippen LogP contribution is 2.25. The van der Waals surface area contributed by atoms with Crippen LogP contribution in [0.25, 0.3) is 0 Å². The first-order valence-corrected chi connectivity index (χ1v) is 16.4. The van der Waals surface area contributed by atoms with Gasteiger partial charge in [0, 0.05) is 49.5 Å². The highest BCUT2D eigenvalue weighted by molar-refractivity contribution is 6.30. The van der Waals surface area contributed by atoms with Gasteiger partial charge in [0.2, 0.25) is 0 Å². The van der Waals surface area contributed by atoms with E-state index in [-0.39, 0.29) is 18.1 Å². The van der Waals surface area contributed by atoms with Gasteiger partial charge in [0.1, 0.15) is 22.6 Å². The molecule has 0 saturated carbocycles. The van der Waals surface area contributed by atoms with E-state index >= 15 is 0 Å². The number of nitrogens with zero attached hydrogens (tertiary/aromatic N) is 3. The van der Waals surface area contributed by atoms with Crippen LogP contribution in [0.5, 0.6) is 0 Å². The van der Waals surface area contributed by atoms with E-state index in [0.717, 1.165) is 16.8 Å². The molecule has 2 aromatic rings. The number of anilines is 1. The minimum Gasteiger partial charge on any atom is -0.444 e. The van der Waals surface area contributed by atoms with Crippen molar-refractivity contribution in [2.45, 2.75) is 105 Å². The van der Waals surface area contributed by atoms with Gasteiger partial charge in [0.25, 0.3) is 0 Å². The molecule has 0 unspecified atom stereocenters. The van der Waals surface area contributed by atoms with Gasteiger partial charge in [-0.1, -0.05) is 23.7 Å². The number of likely N-dealkylation sites (tertiary alicyclic amines) is 1. The van der Waals surface area contributed by atoms with Gasteiger partial charge in [-0.25, -0.2) is 19.4 Å². The predicted octanol–water partition coefficient (Wildman–Crippen LogP) is 7.20. The number of hydrogen-bond acceptors (Lipinski definition) is 8. The molecule has 1 aliphatic rings. The summed E-state index contributed by atoms with van der Waals surface area (Å²) in [5.41, 5.74) is 0.725. The molecular weight excluding hydrogens is 622 g/mol. The Hall–Kier alpha value is -3.57. The molecule has 0 aliphatic carbocycles. The van der Waals surface area contributed by atoms with Crippen LogP contribution in [0, 0.1) is 12.8 Å². The molecule has 0 bridgehead atoms. The van der Waals surface area contributed by atoms with Crippen molar-refractivity contribution in [1.29, 1.82) is 0 Å². The zero-order valence-electron chi connectivity index (χ0n) is 29.5. The second-order valence-corrected chi connectivity index (χ2v) is 15.5. The number of nitrogens with one attached hydrogen (secondary N) is 2. The van der Waals surface area contributed by atoms with Crippen LogP contribution in [-0.4, -0.2) is 82.1 Å². The first kappa shape index (κ1) is 37.9. The molecule has 3 amide bonds. The molecule has 1 aromatic carbocycles. The number of rotatable bonds is 9. The van der Waals surface area contributed by atoms with Crippen LogP contribution in [0.3, 0.4) is 0 Å². The zero-order chi connectivity index (χ0) is 35.2. The van der Waals surface area contributed by atoms with Crippen LogP contribution in [0.1, 0.15) is 79.1 Å². The number of pyridine rings is 1. The topological polar surface area (TPSA) is 122 Å². The summed E-state index contributed by atoms with van der Waals surface area (Å²) in [7, 11) is 0. The number of halogens is 1. The number of ether oxygens (including phenoxy) is 3. The van der Waals surface area contributed by atoms with Gasteiger partial charge in [0.05, 0.1) is 0 Å². The largest absolute Gasteiger partial charge is 0.444 e. The molecule has 1 aliphatic heterocycles. The average Bonchev–Trinajstić information content (AvgIpc) is 3.28. The third kappa shape index (κ3) is 13.6. The summed E-state index contributed by atoms with van der Waals surface area (Å²) in [4.78, 5) is 46.6. The fraction of sp³-hybridized carbons (Fsp3) is 0.600.